The summed E-state index contributed by atoms with van der Waals surface area (Å²) in [6.45, 7) is 1.88. The van der Waals surface area contributed by atoms with Gasteiger partial charge in [0.2, 0.25) is 17.7 Å². The summed E-state index contributed by atoms with van der Waals surface area (Å²) in [7, 11) is 0. The van der Waals surface area contributed by atoms with Crippen molar-refractivity contribution in [2.75, 3.05) is 22.1 Å². The molecular formula is C46H50N4O6S. The van der Waals surface area contributed by atoms with Crippen LogP contribution in [0.15, 0.2) is 126 Å². The lowest BCUT2D eigenvalue weighted by molar-refractivity contribution is -0.245. The number of thioether (sulfide) groups is 1. The number of para-hydroxylation sites is 2. The van der Waals surface area contributed by atoms with Gasteiger partial charge in [0.1, 0.15) is 0 Å². The van der Waals surface area contributed by atoms with Crippen LogP contribution in [0.1, 0.15) is 80.1 Å². The van der Waals surface area contributed by atoms with Crippen LogP contribution in [0, 0.1) is 0 Å². The molecule has 0 unspecified atom stereocenters. The SMILES string of the molecule is CC(=O)Nc1ccc(SC[C@H]2C[C@@H](c3ccc(CO)cc3)O[C@@H](c3cccc(-c4cccc(CNC(=O)CCCCCC(=O)Nc5ccccc5N)c4)c3)O2)cc1. The fourth-order valence-electron chi connectivity index (χ4n) is 6.64. The number of carbonyl (C=O) groups is 3. The number of aliphatic hydroxyl groups is 1. The molecule has 1 fully saturated rings. The zero-order valence-electron chi connectivity index (χ0n) is 32.1. The Kier molecular flexibility index (Phi) is 14.9. The van der Waals surface area contributed by atoms with E-state index in [1.807, 2.05) is 84.9 Å². The molecule has 1 aliphatic rings. The maximum absolute atomic E-state index is 12.7. The van der Waals surface area contributed by atoms with Gasteiger partial charge in [0.25, 0.3) is 0 Å². The summed E-state index contributed by atoms with van der Waals surface area (Å²) < 4.78 is 13.3. The van der Waals surface area contributed by atoms with Gasteiger partial charge < -0.3 is 36.3 Å². The molecule has 0 spiro atoms. The molecule has 296 valence electrons. The Balaban J connectivity index is 1.04. The van der Waals surface area contributed by atoms with Crippen molar-refractivity contribution in [1.82, 2.24) is 5.32 Å². The number of aliphatic hydroxyl groups excluding tert-OH is 1. The summed E-state index contributed by atoms with van der Waals surface area (Å²) in [5.74, 6) is 0.496. The lowest BCUT2D eigenvalue weighted by Crippen LogP contribution is -2.31. The van der Waals surface area contributed by atoms with E-state index in [9.17, 15) is 19.5 Å². The van der Waals surface area contributed by atoms with Crippen molar-refractivity contribution in [3.63, 3.8) is 0 Å². The number of carbonyl (C=O) groups excluding carboxylic acids is 3. The van der Waals surface area contributed by atoms with Crippen molar-refractivity contribution < 1.29 is 29.0 Å². The quantitative estimate of drug-likeness (QED) is 0.0356. The van der Waals surface area contributed by atoms with Gasteiger partial charge in [-0.25, -0.2) is 0 Å². The van der Waals surface area contributed by atoms with Crippen LogP contribution >= 0.6 is 11.8 Å². The van der Waals surface area contributed by atoms with Crippen LogP contribution in [-0.4, -0.2) is 34.7 Å². The summed E-state index contributed by atoms with van der Waals surface area (Å²) in [6.07, 6.45) is 2.68. The predicted molar refractivity (Wildman–Crippen MR) is 226 cm³/mol. The van der Waals surface area contributed by atoms with Crippen LogP contribution in [-0.2, 0) is 37.0 Å². The van der Waals surface area contributed by atoms with Crippen molar-refractivity contribution in [2.45, 2.75) is 82.0 Å². The van der Waals surface area contributed by atoms with Crippen LogP contribution in [0.2, 0.25) is 0 Å². The van der Waals surface area contributed by atoms with Gasteiger partial charge in [0.05, 0.1) is 30.2 Å². The third kappa shape index (κ3) is 12.5. The molecule has 0 saturated carbocycles. The Hall–Kier alpha value is -5.46. The third-order valence-corrected chi connectivity index (χ3v) is 10.8. The van der Waals surface area contributed by atoms with E-state index in [0.29, 0.717) is 55.8 Å². The van der Waals surface area contributed by atoms with E-state index in [2.05, 4.69) is 40.2 Å². The van der Waals surface area contributed by atoms with Gasteiger partial charge in [-0.1, -0.05) is 79.2 Å². The molecule has 0 aliphatic carbocycles. The van der Waals surface area contributed by atoms with Crippen LogP contribution < -0.4 is 21.7 Å². The number of nitrogen functional groups attached to an aromatic ring is 1. The molecule has 57 heavy (non-hydrogen) atoms. The highest BCUT2D eigenvalue weighted by Gasteiger charge is 2.32. The van der Waals surface area contributed by atoms with Crippen molar-refractivity contribution in [2.24, 2.45) is 0 Å². The lowest BCUT2D eigenvalue weighted by Gasteiger charge is -2.36. The van der Waals surface area contributed by atoms with Gasteiger partial charge in [-0.05, 0) is 89.2 Å². The third-order valence-electron chi connectivity index (χ3n) is 9.68. The number of unbranched alkanes of at least 4 members (excludes halogenated alkanes) is 2. The minimum atomic E-state index is -0.603. The topological polar surface area (TPSA) is 152 Å². The molecule has 1 heterocycles. The molecule has 5 aromatic rings. The second-order valence-electron chi connectivity index (χ2n) is 14.2. The summed E-state index contributed by atoms with van der Waals surface area (Å²) in [6, 6.07) is 39.1. The van der Waals surface area contributed by atoms with E-state index < -0.39 is 6.29 Å². The number of hydrogen-bond donors (Lipinski definition) is 5. The van der Waals surface area contributed by atoms with Crippen LogP contribution in [0.3, 0.4) is 0 Å². The van der Waals surface area contributed by atoms with Crippen LogP contribution in [0.5, 0.6) is 0 Å². The van der Waals surface area contributed by atoms with E-state index >= 15 is 0 Å². The number of rotatable bonds is 17. The lowest BCUT2D eigenvalue weighted by atomic mass is 9.99. The second-order valence-corrected chi connectivity index (χ2v) is 15.3. The molecule has 6 rings (SSSR count). The van der Waals surface area contributed by atoms with Gasteiger partial charge in [-0.15, -0.1) is 11.8 Å². The Morgan fingerprint density at radius 3 is 2.19 bits per heavy atom. The number of ether oxygens (including phenoxy) is 2. The zero-order chi connectivity index (χ0) is 40.0. The first kappa shape index (κ1) is 41.2. The number of amides is 3. The van der Waals surface area contributed by atoms with Crippen molar-refractivity contribution >= 4 is 46.5 Å². The Bertz CT molecular complexity index is 2110. The highest BCUT2D eigenvalue weighted by atomic mass is 32.2. The first-order valence-corrected chi connectivity index (χ1v) is 20.3. The Morgan fingerprint density at radius 1 is 0.737 bits per heavy atom. The van der Waals surface area contributed by atoms with E-state index in [-0.39, 0.29) is 36.5 Å². The maximum atomic E-state index is 12.7. The number of nitrogens with two attached hydrogens (primary N) is 1. The minimum absolute atomic E-state index is 0.0204. The Labute approximate surface area is 338 Å². The maximum Gasteiger partial charge on any atom is 0.224 e. The van der Waals surface area contributed by atoms with Gasteiger partial charge in [0, 0.05) is 54.6 Å². The summed E-state index contributed by atoms with van der Waals surface area (Å²) >= 11 is 1.70. The predicted octanol–water partition coefficient (Wildman–Crippen LogP) is 8.93. The fraction of sp³-hybridized carbons (Fsp3) is 0.283. The summed E-state index contributed by atoms with van der Waals surface area (Å²) in [5, 5.41) is 18.3. The van der Waals surface area contributed by atoms with E-state index in [4.69, 9.17) is 15.2 Å². The smallest absolute Gasteiger partial charge is 0.224 e. The zero-order valence-corrected chi connectivity index (χ0v) is 32.9. The molecule has 10 nitrogen and oxygen atoms in total. The normalized spacial score (nSPS) is 16.4. The van der Waals surface area contributed by atoms with Gasteiger partial charge >= 0.3 is 0 Å². The fourth-order valence-corrected chi connectivity index (χ4v) is 7.56. The van der Waals surface area contributed by atoms with Gasteiger partial charge in [-0.3, -0.25) is 14.4 Å². The van der Waals surface area contributed by atoms with E-state index in [1.54, 1.807) is 23.9 Å². The molecule has 1 saturated heterocycles. The molecule has 6 N–H and O–H groups in total. The number of anilines is 3. The molecule has 3 amide bonds. The monoisotopic (exact) mass is 786 g/mol. The van der Waals surface area contributed by atoms with Crippen molar-refractivity contribution in [1.29, 1.82) is 0 Å². The number of nitrogens with one attached hydrogen (secondary N) is 3. The van der Waals surface area contributed by atoms with Crippen molar-refractivity contribution in [3.05, 3.63) is 144 Å². The molecule has 3 atom stereocenters. The molecule has 0 bridgehead atoms. The first-order chi connectivity index (χ1) is 27.7. The van der Waals surface area contributed by atoms with Gasteiger partial charge in [-0.2, -0.15) is 0 Å². The molecule has 1 aliphatic heterocycles. The number of benzene rings is 5. The average molecular weight is 787 g/mol. The van der Waals surface area contributed by atoms with Crippen LogP contribution in [0.4, 0.5) is 17.1 Å². The van der Waals surface area contributed by atoms with E-state index in [1.165, 1.54) is 6.92 Å². The largest absolute Gasteiger partial charge is 0.397 e. The molecule has 11 heteroatoms. The highest BCUT2D eigenvalue weighted by molar-refractivity contribution is 7.99. The minimum Gasteiger partial charge on any atom is -0.397 e. The Morgan fingerprint density at radius 2 is 1.46 bits per heavy atom. The standard InChI is InChI=1S/C46H50N4O6S/c1-31(52)49-38-21-23-40(24-22-38)57-30-39-27-43(34-19-17-32(29-51)18-20-34)56-46(55-39)37-12-8-11-36(26-37)35-10-7-9-33(25-35)28-48-44(53)15-3-2-4-16-45(54)50-42-14-6-5-13-41(42)47/h5-14,17-26,39,43,46,51H,2-4,15-16,27-30,47H2,1H3,(H,48,53)(H,49,52)(H,50,54)/t39-,43+,46+/m1/s1. The number of hydrogen-bond acceptors (Lipinski definition) is 8. The van der Waals surface area contributed by atoms with E-state index in [0.717, 1.165) is 50.4 Å². The second kappa shape index (κ2) is 20.6. The molecular weight excluding hydrogens is 737 g/mol. The van der Waals surface area contributed by atoms with Crippen LogP contribution in [0.25, 0.3) is 11.1 Å². The first-order valence-electron chi connectivity index (χ1n) is 19.3. The van der Waals surface area contributed by atoms with Gasteiger partial charge in [0.15, 0.2) is 6.29 Å². The summed E-state index contributed by atoms with van der Waals surface area (Å²) in [4.78, 5) is 37.5. The molecule has 5 aromatic carbocycles. The van der Waals surface area contributed by atoms with Crippen molar-refractivity contribution in [3.8, 4) is 11.1 Å². The summed E-state index contributed by atoms with van der Waals surface area (Å²) in [5.41, 5.74) is 13.6. The highest BCUT2D eigenvalue weighted by Crippen LogP contribution is 2.40. The molecule has 0 aromatic heterocycles. The average Bonchev–Trinajstić information content (AvgIpc) is 3.23. The molecule has 0 radical (unpaired) electrons.